The van der Waals surface area contributed by atoms with Gasteiger partial charge in [-0.3, -0.25) is 4.79 Å². The van der Waals surface area contributed by atoms with Gasteiger partial charge in [0.05, 0.1) is 20.6 Å². The summed E-state index contributed by atoms with van der Waals surface area (Å²) >= 11 is 0. The molecule has 17 heavy (non-hydrogen) atoms. The highest BCUT2D eigenvalue weighted by Gasteiger charge is 2.22. The standard InChI is InChI=1S/C10H10F3NO3/c1-16-6-3-5(4-7(15)17-2)8(11)9(14-6)10(12)13/h3,10H,4H2,1-2H3. The van der Waals surface area contributed by atoms with Crippen molar-refractivity contribution in [1.82, 2.24) is 4.98 Å². The van der Waals surface area contributed by atoms with Crippen LogP contribution >= 0.6 is 0 Å². The molecule has 4 nitrogen and oxygen atoms in total. The minimum absolute atomic E-state index is 0.180. The Morgan fingerprint density at radius 3 is 2.59 bits per heavy atom. The van der Waals surface area contributed by atoms with Crippen molar-refractivity contribution in [2.45, 2.75) is 12.8 Å². The molecule has 1 aromatic rings. The van der Waals surface area contributed by atoms with Crippen LogP contribution in [0.25, 0.3) is 0 Å². The number of carbonyl (C=O) groups excluding carboxylic acids is 1. The van der Waals surface area contributed by atoms with Gasteiger partial charge in [0, 0.05) is 11.6 Å². The first-order valence-corrected chi connectivity index (χ1v) is 4.57. The van der Waals surface area contributed by atoms with Crippen LogP contribution in [-0.2, 0) is 16.0 Å². The molecule has 0 aliphatic carbocycles. The summed E-state index contributed by atoms with van der Waals surface area (Å²) in [6.45, 7) is 0. The van der Waals surface area contributed by atoms with E-state index in [2.05, 4.69) is 14.5 Å². The largest absolute Gasteiger partial charge is 0.481 e. The van der Waals surface area contributed by atoms with Gasteiger partial charge in [-0.25, -0.2) is 18.2 Å². The van der Waals surface area contributed by atoms with Crippen molar-refractivity contribution in [3.05, 3.63) is 23.1 Å². The molecule has 1 rings (SSSR count). The second-order valence-electron chi connectivity index (χ2n) is 3.08. The number of hydrogen-bond acceptors (Lipinski definition) is 4. The second-order valence-corrected chi connectivity index (χ2v) is 3.08. The number of carbonyl (C=O) groups is 1. The third-order valence-corrected chi connectivity index (χ3v) is 2.01. The highest BCUT2D eigenvalue weighted by molar-refractivity contribution is 5.72. The van der Waals surface area contributed by atoms with E-state index in [1.54, 1.807) is 0 Å². The first kappa shape index (κ1) is 13.3. The summed E-state index contributed by atoms with van der Waals surface area (Å²) in [6, 6.07) is 1.08. The van der Waals surface area contributed by atoms with Crippen LogP contribution in [0.3, 0.4) is 0 Å². The van der Waals surface area contributed by atoms with Crippen LogP contribution in [0, 0.1) is 5.82 Å². The van der Waals surface area contributed by atoms with E-state index in [1.165, 1.54) is 7.11 Å². The molecule has 0 N–H and O–H groups in total. The van der Waals surface area contributed by atoms with Gasteiger partial charge in [-0.05, 0) is 0 Å². The molecule has 0 fully saturated rings. The average Bonchev–Trinajstić information content (AvgIpc) is 2.31. The van der Waals surface area contributed by atoms with Gasteiger partial charge < -0.3 is 9.47 Å². The van der Waals surface area contributed by atoms with Crippen molar-refractivity contribution in [3.63, 3.8) is 0 Å². The predicted octanol–water partition coefficient (Wildman–Crippen LogP) is 1.88. The van der Waals surface area contributed by atoms with Crippen LogP contribution < -0.4 is 4.74 Å². The van der Waals surface area contributed by atoms with Crippen molar-refractivity contribution in [3.8, 4) is 5.88 Å². The Balaban J connectivity index is 3.19. The molecule has 1 aromatic heterocycles. The number of esters is 1. The lowest BCUT2D eigenvalue weighted by Gasteiger charge is -2.09. The average molecular weight is 249 g/mol. The minimum atomic E-state index is -3.08. The van der Waals surface area contributed by atoms with Gasteiger partial charge in [0.1, 0.15) is 5.69 Å². The lowest BCUT2D eigenvalue weighted by atomic mass is 10.1. The first-order chi connectivity index (χ1) is 7.99. The summed E-state index contributed by atoms with van der Waals surface area (Å²) in [5.74, 6) is -2.14. The number of rotatable bonds is 4. The van der Waals surface area contributed by atoms with Crippen molar-refractivity contribution in [1.29, 1.82) is 0 Å². The highest BCUT2D eigenvalue weighted by atomic mass is 19.3. The van der Waals surface area contributed by atoms with Gasteiger partial charge in [0.2, 0.25) is 5.88 Å². The van der Waals surface area contributed by atoms with Crippen LogP contribution in [0.15, 0.2) is 6.07 Å². The van der Waals surface area contributed by atoms with Gasteiger partial charge in [-0.2, -0.15) is 0 Å². The van der Waals surface area contributed by atoms with Crippen LogP contribution in [-0.4, -0.2) is 25.2 Å². The monoisotopic (exact) mass is 249 g/mol. The maximum absolute atomic E-state index is 13.5. The van der Waals surface area contributed by atoms with Crippen LogP contribution in [0.4, 0.5) is 13.2 Å². The minimum Gasteiger partial charge on any atom is -0.481 e. The Hall–Kier alpha value is -1.79. The molecular formula is C10H10F3NO3. The quantitative estimate of drug-likeness (QED) is 0.764. The number of nitrogens with zero attached hydrogens (tertiary/aromatic N) is 1. The van der Waals surface area contributed by atoms with Crippen LogP contribution in [0.2, 0.25) is 0 Å². The molecule has 0 bridgehead atoms. The van der Waals surface area contributed by atoms with E-state index < -0.39 is 30.3 Å². The van der Waals surface area contributed by atoms with Crippen LogP contribution in [0.1, 0.15) is 17.7 Å². The smallest absolute Gasteiger partial charge is 0.310 e. The van der Waals surface area contributed by atoms with Crippen LogP contribution in [0.5, 0.6) is 5.88 Å². The Morgan fingerprint density at radius 2 is 2.12 bits per heavy atom. The van der Waals surface area contributed by atoms with E-state index in [4.69, 9.17) is 0 Å². The lowest BCUT2D eigenvalue weighted by Crippen LogP contribution is -2.10. The molecule has 0 spiro atoms. The number of pyridine rings is 1. The molecule has 7 heteroatoms. The molecule has 0 aliphatic heterocycles. The lowest BCUT2D eigenvalue weighted by molar-refractivity contribution is -0.139. The fourth-order valence-corrected chi connectivity index (χ4v) is 1.18. The number of alkyl halides is 2. The van der Waals surface area contributed by atoms with Gasteiger partial charge in [-0.1, -0.05) is 0 Å². The van der Waals surface area contributed by atoms with Gasteiger partial charge >= 0.3 is 5.97 Å². The molecule has 0 atom stereocenters. The maximum atomic E-state index is 13.5. The van der Waals surface area contributed by atoms with Crippen molar-refractivity contribution in [2.75, 3.05) is 14.2 Å². The van der Waals surface area contributed by atoms with E-state index in [0.717, 1.165) is 13.2 Å². The topological polar surface area (TPSA) is 48.4 Å². The van der Waals surface area contributed by atoms with Gasteiger partial charge in [-0.15, -0.1) is 0 Å². The van der Waals surface area contributed by atoms with Gasteiger partial charge in [0.25, 0.3) is 6.43 Å². The maximum Gasteiger partial charge on any atom is 0.310 e. The number of halogens is 3. The summed E-state index contributed by atoms with van der Waals surface area (Å²) < 4.78 is 47.5. The zero-order chi connectivity index (χ0) is 13.0. The van der Waals surface area contributed by atoms with Crippen molar-refractivity contribution in [2.24, 2.45) is 0 Å². The molecule has 0 aliphatic rings. The molecule has 0 radical (unpaired) electrons. The summed E-state index contributed by atoms with van der Waals surface area (Å²) in [6.07, 6.45) is -3.54. The van der Waals surface area contributed by atoms with E-state index in [0.29, 0.717) is 0 Å². The van der Waals surface area contributed by atoms with E-state index in [-0.39, 0.29) is 11.4 Å². The van der Waals surface area contributed by atoms with E-state index >= 15 is 0 Å². The summed E-state index contributed by atoms with van der Waals surface area (Å²) in [5.41, 5.74) is -1.28. The summed E-state index contributed by atoms with van der Waals surface area (Å²) in [4.78, 5) is 14.3. The fraction of sp³-hybridized carbons (Fsp3) is 0.400. The number of methoxy groups -OCH3 is 2. The number of ether oxygens (including phenoxy) is 2. The molecule has 0 saturated carbocycles. The number of aromatic nitrogens is 1. The Morgan fingerprint density at radius 1 is 1.47 bits per heavy atom. The molecule has 94 valence electrons. The Kier molecular flexibility index (Phi) is 4.30. The van der Waals surface area contributed by atoms with E-state index in [1.807, 2.05) is 0 Å². The SMILES string of the molecule is COC(=O)Cc1cc(OC)nc(C(F)F)c1F. The Bertz CT molecular complexity index is 424. The molecule has 0 amide bonds. The zero-order valence-electron chi connectivity index (χ0n) is 9.17. The highest BCUT2D eigenvalue weighted by Crippen LogP contribution is 2.26. The summed E-state index contributed by atoms with van der Waals surface area (Å²) in [7, 11) is 2.32. The third-order valence-electron chi connectivity index (χ3n) is 2.01. The predicted molar refractivity (Wildman–Crippen MR) is 51.4 cm³/mol. The van der Waals surface area contributed by atoms with Crippen molar-refractivity contribution >= 4 is 5.97 Å². The first-order valence-electron chi connectivity index (χ1n) is 4.57. The zero-order valence-corrected chi connectivity index (χ0v) is 9.17. The Labute approximate surface area is 95.4 Å². The molecule has 1 heterocycles. The number of hydrogen-bond donors (Lipinski definition) is 0. The fourth-order valence-electron chi connectivity index (χ4n) is 1.18. The summed E-state index contributed by atoms with van der Waals surface area (Å²) in [5, 5.41) is 0. The van der Waals surface area contributed by atoms with Crippen molar-refractivity contribution < 1.29 is 27.4 Å². The molecule has 0 saturated heterocycles. The second kappa shape index (κ2) is 5.51. The van der Waals surface area contributed by atoms with Gasteiger partial charge in [0.15, 0.2) is 5.82 Å². The molecule has 0 unspecified atom stereocenters. The third kappa shape index (κ3) is 3.08. The molecule has 0 aromatic carbocycles. The van der Waals surface area contributed by atoms with E-state index in [9.17, 15) is 18.0 Å². The normalized spacial score (nSPS) is 10.5. The molecular weight excluding hydrogens is 239 g/mol.